The minimum absolute atomic E-state index is 0.323. The third kappa shape index (κ3) is 2.98. The summed E-state index contributed by atoms with van der Waals surface area (Å²) in [4.78, 5) is 0. The van der Waals surface area contributed by atoms with Gasteiger partial charge in [-0.3, -0.25) is 0 Å². The van der Waals surface area contributed by atoms with Gasteiger partial charge in [-0.15, -0.1) is 5.92 Å². The molecule has 0 radical (unpaired) electrons. The zero-order valence-corrected chi connectivity index (χ0v) is 8.23. The second kappa shape index (κ2) is 5.13. The number of hydrogen-bond acceptors (Lipinski definition) is 2. The molecule has 74 valence electrons. The largest absolute Gasteiger partial charge is 0.497 e. The van der Waals surface area contributed by atoms with Gasteiger partial charge in [0, 0.05) is 17.8 Å². The second-order valence-electron chi connectivity index (χ2n) is 2.66. The molecule has 0 aromatic heterocycles. The average Bonchev–Trinajstić information content (AvgIpc) is 2.17. The molecule has 0 aliphatic heterocycles. The normalized spacial score (nSPS) is 8.79. The first-order chi connectivity index (χ1) is 6.76. The van der Waals surface area contributed by atoms with Crippen molar-refractivity contribution in [2.45, 2.75) is 6.92 Å². The van der Waals surface area contributed by atoms with Gasteiger partial charge in [0.15, 0.2) is 0 Å². The van der Waals surface area contributed by atoms with Crippen LogP contribution in [-0.2, 0) is 0 Å². The molecule has 0 atom stereocenters. The number of benzene rings is 1. The van der Waals surface area contributed by atoms with Crippen molar-refractivity contribution < 1.29 is 9.13 Å². The molecule has 1 aromatic rings. The number of anilines is 1. The van der Waals surface area contributed by atoms with Crippen LogP contribution in [0.4, 0.5) is 10.1 Å². The van der Waals surface area contributed by atoms with Crippen molar-refractivity contribution in [2.75, 3.05) is 19.0 Å². The van der Waals surface area contributed by atoms with Crippen molar-refractivity contribution in [1.29, 1.82) is 0 Å². The molecule has 14 heavy (non-hydrogen) atoms. The molecule has 0 heterocycles. The molecular weight excluding hydrogens is 181 g/mol. The number of ether oxygens (including phenoxy) is 1. The van der Waals surface area contributed by atoms with E-state index in [4.69, 9.17) is 4.74 Å². The molecule has 2 nitrogen and oxygen atoms in total. The Balaban J connectivity index is 2.74. The van der Waals surface area contributed by atoms with Gasteiger partial charge in [0.2, 0.25) is 0 Å². The third-order valence-electron chi connectivity index (χ3n) is 1.66. The first-order valence-corrected chi connectivity index (χ1v) is 4.24. The van der Waals surface area contributed by atoms with Crippen LogP contribution in [0.1, 0.15) is 6.92 Å². The summed E-state index contributed by atoms with van der Waals surface area (Å²) >= 11 is 0. The van der Waals surface area contributed by atoms with E-state index in [9.17, 15) is 4.39 Å². The molecule has 0 bridgehead atoms. The molecule has 0 saturated heterocycles. The van der Waals surface area contributed by atoms with Gasteiger partial charge in [0.05, 0.1) is 13.7 Å². The highest BCUT2D eigenvalue weighted by atomic mass is 19.1. The van der Waals surface area contributed by atoms with Crippen molar-refractivity contribution in [1.82, 2.24) is 0 Å². The van der Waals surface area contributed by atoms with E-state index >= 15 is 0 Å². The van der Waals surface area contributed by atoms with E-state index in [-0.39, 0.29) is 5.82 Å². The Hall–Kier alpha value is -1.69. The second-order valence-corrected chi connectivity index (χ2v) is 2.66. The van der Waals surface area contributed by atoms with Crippen LogP contribution in [0.5, 0.6) is 5.75 Å². The molecule has 0 aliphatic carbocycles. The molecule has 1 aromatic carbocycles. The lowest BCUT2D eigenvalue weighted by Gasteiger charge is -2.05. The van der Waals surface area contributed by atoms with Gasteiger partial charge < -0.3 is 10.1 Å². The van der Waals surface area contributed by atoms with Crippen molar-refractivity contribution in [2.24, 2.45) is 0 Å². The molecule has 0 unspecified atom stereocenters. The number of methoxy groups -OCH3 is 1. The average molecular weight is 193 g/mol. The summed E-state index contributed by atoms with van der Waals surface area (Å²) in [5.41, 5.74) is 0.671. The summed E-state index contributed by atoms with van der Waals surface area (Å²) in [5, 5.41) is 2.97. The van der Waals surface area contributed by atoms with E-state index in [1.807, 2.05) is 0 Å². The third-order valence-corrected chi connectivity index (χ3v) is 1.66. The van der Waals surface area contributed by atoms with Gasteiger partial charge in [0.25, 0.3) is 0 Å². The van der Waals surface area contributed by atoms with Crippen molar-refractivity contribution in [3.8, 4) is 17.6 Å². The number of rotatable bonds is 3. The van der Waals surface area contributed by atoms with Crippen LogP contribution in [-0.4, -0.2) is 13.7 Å². The molecule has 1 rings (SSSR count). The van der Waals surface area contributed by atoms with E-state index in [0.29, 0.717) is 18.0 Å². The Kier molecular flexibility index (Phi) is 3.81. The van der Waals surface area contributed by atoms with Crippen molar-refractivity contribution in [3.63, 3.8) is 0 Å². The quantitative estimate of drug-likeness (QED) is 0.743. The fraction of sp³-hybridized carbons (Fsp3) is 0.273. The number of nitrogens with one attached hydrogen (secondary N) is 1. The predicted molar refractivity (Wildman–Crippen MR) is 54.9 cm³/mol. The van der Waals surface area contributed by atoms with Gasteiger partial charge in [-0.2, -0.15) is 0 Å². The van der Waals surface area contributed by atoms with Crippen LogP contribution in [0.3, 0.4) is 0 Å². The smallest absolute Gasteiger partial charge is 0.128 e. The molecule has 0 fully saturated rings. The number of halogens is 1. The lowest BCUT2D eigenvalue weighted by atomic mass is 10.3. The molecular formula is C11H12FNO. The van der Waals surface area contributed by atoms with Gasteiger partial charge >= 0.3 is 0 Å². The lowest BCUT2D eigenvalue weighted by molar-refractivity contribution is 0.411. The van der Waals surface area contributed by atoms with Crippen molar-refractivity contribution in [3.05, 3.63) is 24.0 Å². The molecule has 0 amide bonds. The molecule has 3 heteroatoms. The Labute approximate surface area is 83.1 Å². The van der Waals surface area contributed by atoms with Crippen molar-refractivity contribution >= 4 is 5.69 Å². The van der Waals surface area contributed by atoms with E-state index < -0.39 is 0 Å². The highest BCUT2D eigenvalue weighted by molar-refractivity contribution is 5.49. The lowest BCUT2D eigenvalue weighted by Crippen LogP contribution is -1.99. The summed E-state index contributed by atoms with van der Waals surface area (Å²) in [5.74, 6) is 5.75. The van der Waals surface area contributed by atoms with Gasteiger partial charge in [-0.05, 0) is 13.0 Å². The standard InChI is InChI=1S/C11H12FNO/c1-3-4-5-13-10-6-9(12)7-11(8-10)14-2/h6-8,13H,5H2,1-2H3. The minimum Gasteiger partial charge on any atom is -0.497 e. The Morgan fingerprint density at radius 3 is 2.86 bits per heavy atom. The fourth-order valence-electron chi connectivity index (χ4n) is 1.02. The van der Waals surface area contributed by atoms with Gasteiger partial charge in [-0.1, -0.05) is 5.92 Å². The Morgan fingerprint density at radius 2 is 2.21 bits per heavy atom. The summed E-state index contributed by atoms with van der Waals surface area (Å²) in [6.45, 7) is 2.26. The zero-order valence-electron chi connectivity index (χ0n) is 8.23. The van der Waals surface area contributed by atoms with Gasteiger partial charge in [0.1, 0.15) is 11.6 Å². The predicted octanol–water partition coefficient (Wildman–Crippen LogP) is 2.27. The van der Waals surface area contributed by atoms with E-state index in [2.05, 4.69) is 17.2 Å². The maximum atomic E-state index is 13.0. The zero-order chi connectivity index (χ0) is 10.4. The summed E-state index contributed by atoms with van der Waals surface area (Å²) < 4.78 is 17.9. The van der Waals surface area contributed by atoms with Gasteiger partial charge in [-0.25, -0.2) is 4.39 Å². The number of hydrogen-bond donors (Lipinski definition) is 1. The Bertz CT molecular complexity index is 365. The van der Waals surface area contributed by atoms with Crippen LogP contribution in [0.2, 0.25) is 0 Å². The van der Waals surface area contributed by atoms with E-state index in [0.717, 1.165) is 0 Å². The maximum absolute atomic E-state index is 13.0. The molecule has 0 saturated carbocycles. The van der Waals surface area contributed by atoms with Crippen LogP contribution in [0, 0.1) is 17.7 Å². The first kappa shape index (κ1) is 10.4. The van der Waals surface area contributed by atoms with Crippen LogP contribution >= 0.6 is 0 Å². The SMILES string of the molecule is CC#CCNc1cc(F)cc(OC)c1. The molecule has 0 spiro atoms. The summed E-state index contributed by atoms with van der Waals surface area (Å²) in [6.07, 6.45) is 0. The molecule has 1 N–H and O–H groups in total. The van der Waals surface area contributed by atoms with E-state index in [1.165, 1.54) is 19.2 Å². The maximum Gasteiger partial charge on any atom is 0.128 e. The highest BCUT2D eigenvalue weighted by Gasteiger charge is 1.99. The molecule has 0 aliphatic rings. The van der Waals surface area contributed by atoms with Crippen LogP contribution < -0.4 is 10.1 Å². The summed E-state index contributed by atoms with van der Waals surface area (Å²) in [6, 6.07) is 4.46. The summed E-state index contributed by atoms with van der Waals surface area (Å²) in [7, 11) is 1.50. The Morgan fingerprint density at radius 1 is 1.43 bits per heavy atom. The minimum atomic E-state index is -0.323. The first-order valence-electron chi connectivity index (χ1n) is 4.24. The van der Waals surface area contributed by atoms with E-state index in [1.54, 1.807) is 13.0 Å². The topological polar surface area (TPSA) is 21.3 Å². The van der Waals surface area contributed by atoms with Crippen LogP contribution in [0.25, 0.3) is 0 Å². The van der Waals surface area contributed by atoms with Crippen LogP contribution in [0.15, 0.2) is 18.2 Å². The highest BCUT2D eigenvalue weighted by Crippen LogP contribution is 2.19. The monoisotopic (exact) mass is 193 g/mol. The fourth-order valence-corrected chi connectivity index (χ4v) is 1.02.